The molecular weight excluding hydrogens is 349 g/mol. The second-order valence-electron chi connectivity index (χ2n) is 6.36. The molecule has 2 rings (SSSR count). The Balaban J connectivity index is 1.95. The third-order valence-electron chi connectivity index (χ3n) is 4.42. The van der Waals surface area contributed by atoms with Gasteiger partial charge in [-0.1, -0.05) is 12.1 Å². The molecule has 0 radical (unpaired) electrons. The smallest absolute Gasteiger partial charge is 0.357 e. The molecule has 1 saturated carbocycles. The molecular formula is C17H23F3N4O2. The molecule has 1 aliphatic rings. The summed E-state index contributed by atoms with van der Waals surface area (Å²) in [5.74, 6) is -0.709. The molecule has 0 atom stereocenters. The molecule has 1 aromatic rings. The van der Waals surface area contributed by atoms with Gasteiger partial charge in [0.05, 0.1) is 17.4 Å². The fourth-order valence-electron chi connectivity index (χ4n) is 3.02. The molecule has 144 valence electrons. The van der Waals surface area contributed by atoms with Crippen LogP contribution in [0, 0.1) is 16.0 Å². The van der Waals surface area contributed by atoms with E-state index in [1.165, 1.54) is 12.1 Å². The van der Waals surface area contributed by atoms with Gasteiger partial charge in [-0.05, 0) is 38.2 Å². The largest absolute Gasteiger partial charge is 0.391 e. The third-order valence-corrected chi connectivity index (χ3v) is 4.42. The highest BCUT2D eigenvalue weighted by Crippen LogP contribution is 2.37. The van der Waals surface area contributed by atoms with Gasteiger partial charge in [-0.25, -0.2) is 4.99 Å². The molecule has 6 nitrogen and oxygen atoms in total. The first-order chi connectivity index (χ1) is 12.3. The van der Waals surface area contributed by atoms with Crippen molar-refractivity contribution in [3.05, 3.63) is 39.9 Å². The topological polar surface area (TPSA) is 79.6 Å². The van der Waals surface area contributed by atoms with Crippen molar-refractivity contribution in [3.8, 4) is 0 Å². The van der Waals surface area contributed by atoms with Gasteiger partial charge < -0.3 is 10.6 Å². The average Bonchev–Trinajstić information content (AvgIpc) is 2.60. The Kier molecular flexibility index (Phi) is 6.82. The number of rotatable bonds is 5. The standard InChI is InChI=1S/C17H23F3N4O2/c1-2-21-16(22-11-12-4-3-5-15(10-12)24(25)26)23-14-8-6-13(7-9-14)17(18,19)20/h3-5,10,13-14H,2,6-9,11H2,1H3,(H2,21,22,23). The number of nitro groups is 1. The highest BCUT2D eigenvalue weighted by atomic mass is 19.4. The van der Waals surface area contributed by atoms with Crippen LogP contribution in [0.1, 0.15) is 38.2 Å². The van der Waals surface area contributed by atoms with Gasteiger partial charge in [-0.3, -0.25) is 10.1 Å². The number of guanidine groups is 1. The number of hydrogen-bond donors (Lipinski definition) is 2. The van der Waals surface area contributed by atoms with Gasteiger partial charge in [0.25, 0.3) is 5.69 Å². The van der Waals surface area contributed by atoms with Crippen LogP contribution in [0.4, 0.5) is 18.9 Å². The zero-order valence-corrected chi connectivity index (χ0v) is 14.6. The van der Waals surface area contributed by atoms with E-state index in [0.29, 0.717) is 30.9 Å². The van der Waals surface area contributed by atoms with E-state index in [0.717, 1.165) is 0 Å². The maximum Gasteiger partial charge on any atom is 0.391 e. The summed E-state index contributed by atoms with van der Waals surface area (Å²) in [7, 11) is 0. The minimum absolute atomic E-state index is 0.00105. The number of alkyl halides is 3. The lowest BCUT2D eigenvalue weighted by molar-refractivity contribution is -0.384. The van der Waals surface area contributed by atoms with Crippen molar-refractivity contribution in [1.29, 1.82) is 0 Å². The molecule has 1 aliphatic carbocycles. The van der Waals surface area contributed by atoms with Crippen LogP contribution in [-0.4, -0.2) is 29.6 Å². The maximum atomic E-state index is 12.7. The summed E-state index contributed by atoms with van der Waals surface area (Å²) in [5, 5.41) is 17.1. The van der Waals surface area contributed by atoms with Crippen LogP contribution in [0.15, 0.2) is 29.3 Å². The molecule has 0 amide bonds. The lowest BCUT2D eigenvalue weighted by Crippen LogP contribution is -2.45. The quantitative estimate of drug-likeness (QED) is 0.357. The van der Waals surface area contributed by atoms with Crippen molar-refractivity contribution < 1.29 is 18.1 Å². The summed E-state index contributed by atoms with van der Waals surface area (Å²) in [6.07, 6.45) is -3.01. The number of nitro benzene ring substituents is 1. The van der Waals surface area contributed by atoms with Crippen LogP contribution in [0.2, 0.25) is 0 Å². The van der Waals surface area contributed by atoms with E-state index in [1.54, 1.807) is 12.1 Å². The lowest BCUT2D eigenvalue weighted by Gasteiger charge is -2.31. The number of halogens is 3. The van der Waals surface area contributed by atoms with Crippen LogP contribution in [0.3, 0.4) is 0 Å². The molecule has 0 aromatic heterocycles. The number of aliphatic imine (C=N–C) groups is 1. The SMILES string of the molecule is CCNC(=NCc1cccc([N+](=O)[O-])c1)NC1CCC(C(F)(F)F)CC1. The van der Waals surface area contributed by atoms with E-state index in [9.17, 15) is 23.3 Å². The first-order valence-corrected chi connectivity index (χ1v) is 8.64. The van der Waals surface area contributed by atoms with Crippen molar-refractivity contribution in [1.82, 2.24) is 10.6 Å². The van der Waals surface area contributed by atoms with Gasteiger partial charge in [-0.2, -0.15) is 13.2 Å². The Hall–Kier alpha value is -2.32. The van der Waals surface area contributed by atoms with Crippen molar-refractivity contribution in [3.63, 3.8) is 0 Å². The van der Waals surface area contributed by atoms with E-state index >= 15 is 0 Å². The van der Waals surface area contributed by atoms with Crippen LogP contribution >= 0.6 is 0 Å². The third kappa shape index (κ3) is 5.89. The molecule has 0 bridgehead atoms. The predicted octanol–water partition coefficient (Wildman–Crippen LogP) is 3.77. The molecule has 0 unspecified atom stereocenters. The molecule has 26 heavy (non-hydrogen) atoms. The molecule has 0 saturated heterocycles. The van der Waals surface area contributed by atoms with Gasteiger partial charge in [0, 0.05) is 24.7 Å². The van der Waals surface area contributed by atoms with Crippen LogP contribution < -0.4 is 10.6 Å². The Labute approximate surface area is 150 Å². The molecule has 0 heterocycles. The second kappa shape index (κ2) is 8.86. The zero-order chi connectivity index (χ0) is 19.2. The van der Waals surface area contributed by atoms with E-state index in [1.807, 2.05) is 6.92 Å². The van der Waals surface area contributed by atoms with Gasteiger partial charge in [-0.15, -0.1) is 0 Å². The minimum Gasteiger partial charge on any atom is -0.357 e. The molecule has 1 fully saturated rings. The Morgan fingerprint density at radius 2 is 2.00 bits per heavy atom. The second-order valence-corrected chi connectivity index (χ2v) is 6.36. The first-order valence-electron chi connectivity index (χ1n) is 8.64. The number of nitrogens with one attached hydrogen (secondary N) is 2. The van der Waals surface area contributed by atoms with E-state index in [4.69, 9.17) is 0 Å². The van der Waals surface area contributed by atoms with Crippen LogP contribution in [-0.2, 0) is 6.54 Å². The normalized spacial score (nSPS) is 21.3. The van der Waals surface area contributed by atoms with Crippen molar-refractivity contribution in [2.75, 3.05) is 6.54 Å². The fourth-order valence-corrected chi connectivity index (χ4v) is 3.02. The summed E-state index contributed by atoms with van der Waals surface area (Å²) < 4.78 is 38.2. The lowest BCUT2D eigenvalue weighted by atomic mass is 9.85. The fraction of sp³-hybridized carbons (Fsp3) is 0.588. The maximum absolute atomic E-state index is 12.7. The molecule has 2 N–H and O–H groups in total. The van der Waals surface area contributed by atoms with E-state index in [-0.39, 0.29) is 31.1 Å². The highest BCUT2D eigenvalue weighted by Gasteiger charge is 2.41. The summed E-state index contributed by atoms with van der Waals surface area (Å²) in [6, 6.07) is 6.16. The summed E-state index contributed by atoms with van der Waals surface area (Å²) in [4.78, 5) is 14.8. The Morgan fingerprint density at radius 3 is 2.58 bits per heavy atom. The first kappa shape index (κ1) is 20.0. The van der Waals surface area contributed by atoms with Crippen LogP contribution in [0.25, 0.3) is 0 Å². The van der Waals surface area contributed by atoms with Crippen molar-refractivity contribution >= 4 is 11.6 Å². The predicted molar refractivity (Wildman–Crippen MR) is 92.8 cm³/mol. The van der Waals surface area contributed by atoms with Gasteiger partial charge in [0.15, 0.2) is 5.96 Å². The molecule has 0 spiro atoms. The van der Waals surface area contributed by atoms with Gasteiger partial charge in [0.1, 0.15) is 0 Å². The molecule has 9 heteroatoms. The van der Waals surface area contributed by atoms with Gasteiger partial charge in [0.2, 0.25) is 0 Å². The summed E-state index contributed by atoms with van der Waals surface area (Å²) in [5.41, 5.74) is 0.693. The van der Waals surface area contributed by atoms with Crippen LogP contribution in [0.5, 0.6) is 0 Å². The summed E-state index contributed by atoms with van der Waals surface area (Å²) in [6.45, 7) is 2.75. The molecule has 1 aromatic carbocycles. The van der Waals surface area contributed by atoms with Gasteiger partial charge >= 0.3 is 6.18 Å². The Bertz CT molecular complexity index is 641. The highest BCUT2D eigenvalue weighted by molar-refractivity contribution is 5.80. The zero-order valence-electron chi connectivity index (χ0n) is 14.6. The van der Waals surface area contributed by atoms with E-state index < -0.39 is 17.0 Å². The molecule has 0 aliphatic heterocycles. The summed E-state index contributed by atoms with van der Waals surface area (Å²) >= 11 is 0. The monoisotopic (exact) mass is 372 g/mol. The number of nitrogens with zero attached hydrogens (tertiary/aromatic N) is 2. The Morgan fingerprint density at radius 1 is 1.31 bits per heavy atom. The number of hydrogen-bond acceptors (Lipinski definition) is 3. The van der Waals surface area contributed by atoms with Crippen molar-refractivity contribution in [2.24, 2.45) is 10.9 Å². The number of benzene rings is 1. The number of non-ortho nitro benzene ring substituents is 1. The average molecular weight is 372 g/mol. The minimum atomic E-state index is -4.12. The van der Waals surface area contributed by atoms with E-state index in [2.05, 4.69) is 15.6 Å². The van der Waals surface area contributed by atoms with Crippen molar-refractivity contribution in [2.45, 2.75) is 51.4 Å².